The summed E-state index contributed by atoms with van der Waals surface area (Å²) in [4.78, 5) is 20.8. The first-order chi connectivity index (χ1) is 10.3. The number of hydrogen-bond donors (Lipinski definition) is 1. The zero-order valence-corrected chi connectivity index (χ0v) is 10.7. The average Bonchev–Trinajstić information content (AvgIpc) is 2.47. The van der Waals surface area contributed by atoms with E-state index in [4.69, 9.17) is 11.3 Å². The highest BCUT2D eigenvalue weighted by molar-refractivity contribution is 6.00. The van der Waals surface area contributed by atoms with Crippen molar-refractivity contribution in [2.75, 3.05) is 5.73 Å². The molecule has 1 amide bonds. The molecule has 0 spiro atoms. The first kappa shape index (κ1) is 15.3. The van der Waals surface area contributed by atoms with Crippen molar-refractivity contribution >= 4 is 11.7 Å². The molecule has 112 valence electrons. The number of carbonyl (C=O) groups is 1. The summed E-state index contributed by atoms with van der Waals surface area (Å²) in [5.74, 6) is -1.78. The van der Waals surface area contributed by atoms with E-state index >= 15 is 0 Å². The van der Waals surface area contributed by atoms with E-state index in [9.17, 15) is 18.0 Å². The minimum atomic E-state index is -4.77. The molecule has 2 N–H and O–H groups in total. The van der Waals surface area contributed by atoms with Crippen molar-refractivity contribution < 1.29 is 18.0 Å². The van der Waals surface area contributed by atoms with Crippen molar-refractivity contribution in [2.24, 2.45) is 5.11 Å². The number of rotatable bonds is 2. The molecule has 0 aliphatic heterocycles. The number of nitrogen functional groups attached to an aromatic ring is 1. The molecular formula is C12H7F3N6O. The van der Waals surface area contributed by atoms with Crippen molar-refractivity contribution in [3.05, 3.63) is 52.3 Å². The van der Waals surface area contributed by atoms with Crippen LogP contribution in [0.1, 0.15) is 16.1 Å². The number of azide groups is 1. The summed E-state index contributed by atoms with van der Waals surface area (Å²) >= 11 is 0. The van der Waals surface area contributed by atoms with Gasteiger partial charge in [-0.1, -0.05) is 0 Å². The number of carbonyl (C=O) groups excluding carboxylic acids is 1. The van der Waals surface area contributed by atoms with Crippen LogP contribution in [0.2, 0.25) is 0 Å². The van der Waals surface area contributed by atoms with Crippen LogP contribution in [-0.2, 0) is 6.18 Å². The third-order valence-electron chi connectivity index (χ3n) is 2.68. The van der Waals surface area contributed by atoms with Gasteiger partial charge in [-0.25, -0.2) is 4.98 Å². The van der Waals surface area contributed by atoms with E-state index in [0.717, 1.165) is 6.07 Å². The molecular weight excluding hydrogens is 301 g/mol. The van der Waals surface area contributed by atoms with Crippen LogP contribution in [0.25, 0.3) is 21.6 Å². The fourth-order valence-electron chi connectivity index (χ4n) is 1.76. The van der Waals surface area contributed by atoms with Crippen LogP contribution in [0.3, 0.4) is 0 Å². The molecule has 0 aliphatic carbocycles. The number of nitrogens with zero attached hydrogens (tertiary/aromatic N) is 5. The Kier molecular flexibility index (Phi) is 3.95. The normalized spacial score (nSPS) is 10.9. The molecule has 0 saturated heterocycles. The van der Waals surface area contributed by atoms with Gasteiger partial charge in [0.05, 0.1) is 5.56 Å². The van der Waals surface area contributed by atoms with Gasteiger partial charge in [-0.2, -0.15) is 13.2 Å². The van der Waals surface area contributed by atoms with Gasteiger partial charge in [-0.3, -0.25) is 9.78 Å². The lowest BCUT2D eigenvalue weighted by atomic mass is 10.0. The minimum Gasteiger partial charge on any atom is -0.383 e. The quantitative estimate of drug-likeness (QED) is 0.520. The maximum absolute atomic E-state index is 13.1. The fraction of sp³-hybridized carbons (Fsp3) is 0.0833. The number of halogens is 3. The Morgan fingerprint density at radius 2 is 1.95 bits per heavy atom. The molecule has 2 aromatic rings. The Morgan fingerprint density at radius 1 is 1.32 bits per heavy atom. The molecule has 10 heteroatoms. The zero-order valence-electron chi connectivity index (χ0n) is 10.7. The maximum atomic E-state index is 13.1. The van der Waals surface area contributed by atoms with Crippen molar-refractivity contribution in [3.63, 3.8) is 0 Å². The van der Waals surface area contributed by atoms with Gasteiger partial charge in [0, 0.05) is 22.9 Å². The van der Waals surface area contributed by atoms with Gasteiger partial charge < -0.3 is 5.73 Å². The number of anilines is 1. The lowest BCUT2D eigenvalue weighted by molar-refractivity contribution is -0.140. The van der Waals surface area contributed by atoms with Crippen LogP contribution in [0.4, 0.5) is 19.0 Å². The summed E-state index contributed by atoms with van der Waals surface area (Å²) in [6.45, 7) is 0. The molecule has 7 nitrogen and oxygen atoms in total. The van der Waals surface area contributed by atoms with Crippen LogP contribution >= 0.6 is 0 Å². The monoisotopic (exact) mass is 308 g/mol. The standard InChI is InChI=1S/C12H7F3N6O/c13-12(14,15)9-7(6-1-3-18-4-2-6)5-8(10(16)19-9)11(22)20-21-17/h1-5H,(H2,16,19). The summed E-state index contributed by atoms with van der Waals surface area (Å²) in [7, 11) is 0. The van der Waals surface area contributed by atoms with Gasteiger partial charge in [0.25, 0.3) is 5.91 Å². The topological polar surface area (TPSA) is 118 Å². The highest BCUT2D eigenvalue weighted by Crippen LogP contribution is 2.37. The van der Waals surface area contributed by atoms with Gasteiger partial charge in [0.1, 0.15) is 5.82 Å². The Hall–Kier alpha value is -3.13. The first-order valence-corrected chi connectivity index (χ1v) is 5.72. The summed E-state index contributed by atoms with van der Waals surface area (Å²) < 4.78 is 39.3. The van der Waals surface area contributed by atoms with Gasteiger partial charge in [0.2, 0.25) is 0 Å². The van der Waals surface area contributed by atoms with Crippen LogP contribution in [0, 0.1) is 0 Å². The third-order valence-corrected chi connectivity index (χ3v) is 2.68. The number of alkyl halides is 3. The average molecular weight is 308 g/mol. The van der Waals surface area contributed by atoms with Crippen molar-refractivity contribution in [2.45, 2.75) is 6.18 Å². The number of aromatic nitrogens is 2. The molecule has 2 aromatic heterocycles. The van der Waals surface area contributed by atoms with Crippen LogP contribution in [0.15, 0.2) is 35.7 Å². The smallest absolute Gasteiger partial charge is 0.383 e. The molecule has 22 heavy (non-hydrogen) atoms. The second-order valence-electron chi connectivity index (χ2n) is 4.05. The van der Waals surface area contributed by atoms with E-state index in [2.05, 4.69) is 20.0 Å². The highest BCUT2D eigenvalue weighted by Gasteiger charge is 2.37. The molecule has 0 unspecified atom stereocenters. The van der Waals surface area contributed by atoms with E-state index in [1.54, 1.807) is 0 Å². The van der Waals surface area contributed by atoms with Crippen molar-refractivity contribution in [1.82, 2.24) is 9.97 Å². The molecule has 0 fully saturated rings. The third kappa shape index (κ3) is 2.96. The molecule has 0 aromatic carbocycles. The highest BCUT2D eigenvalue weighted by atomic mass is 19.4. The van der Waals surface area contributed by atoms with Gasteiger partial charge in [-0.05, 0) is 34.4 Å². The van der Waals surface area contributed by atoms with Crippen LogP contribution < -0.4 is 5.73 Å². The Morgan fingerprint density at radius 3 is 2.50 bits per heavy atom. The van der Waals surface area contributed by atoms with E-state index in [0.29, 0.717) is 0 Å². The van der Waals surface area contributed by atoms with Gasteiger partial charge in [0.15, 0.2) is 5.69 Å². The van der Waals surface area contributed by atoms with Crippen molar-refractivity contribution in [3.8, 4) is 11.1 Å². The molecule has 0 radical (unpaired) electrons. The predicted molar refractivity (Wildman–Crippen MR) is 70.4 cm³/mol. The molecule has 0 bridgehead atoms. The van der Waals surface area contributed by atoms with E-state index < -0.39 is 29.2 Å². The van der Waals surface area contributed by atoms with Crippen molar-refractivity contribution in [1.29, 1.82) is 0 Å². The van der Waals surface area contributed by atoms with E-state index in [1.807, 2.05) is 0 Å². The lowest BCUT2D eigenvalue weighted by Gasteiger charge is -2.14. The molecule has 0 aliphatic rings. The lowest BCUT2D eigenvalue weighted by Crippen LogP contribution is -2.14. The second-order valence-corrected chi connectivity index (χ2v) is 4.05. The second kappa shape index (κ2) is 5.70. The minimum absolute atomic E-state index is 0.143. The Balaban J connectivity index is 2.75. The summed E-state index contributed by atoms with van der Waals surface area (Å²) in [5.41, 5.74) is 11.8. The summed E-state index contributed by atoms with van der Waals surface area (Å²) in [5, 5.41) is 2.81. The van der Waals surface area contributed by atoms with Gasteiger partial charge >= 0.3 is 6.18 Å². The summed E-state index contributed by atoms with van der Waals surface area (Å²) in [6, 6.07) is 3.55. The SMILES string of the molecule is [N-]=[N+]=NC(=O)c1cc(-c2ccncc2)c(C(F)(F)F)nc1N. The number of pyridine rings is 2. The largest absolute Gasteiger partial charge is 0.434 e. The number of hydrogen-bond acceptors (Lipinski definition) is 4. The number of nitrogens with two attached hydrogens (primary N) is 1. The molecule has 0 atom stereocenters. The van der Waals surface area contributed by atoms with E-state index in [1.165, 1.54) is 24.5 Å². The van der Waals surface area contributed by atoms with Gasteiger partial charge in [-0.15, -0.1) is 0 Å². The zero-order chi connectivity index (χ0) is 16.3. The maximum Gasteiger partial charge on any atom is 0.434 e. The number of amides is 1. The van der Waals surface area contributed by atoms with Crippen LogP contribution in [-0.4, -0.2) is 15.9 Å². The molecule has 2 heterocycles. The Bertz CT molecular complexity index is 768. The first-order valence-electron chi connectivity index (χ1n) is 5.72. The molecule has 2 rings (SSSR count). The van der Waals surface area contributed by atoms with Crippen LogP contribution in [0.5, 0.6) is 0 Å². The van der Waals surface area contributed by atoms with E-state index in [-0.39, 0.29) is 11.1 Å². The predicted octanol–water partition coefficient (Wildman–Crippen LogP) is 3.20. The fourth-order valence-corrected chi connectivity index (χ4v) is 1.76. The summed E-state index contributed by atoms with van der Waals surface area (Å²) in [6.07, 6.45) is -2.19. The molecule has 0 saturated carbocycles. The Labute approximate surface area is 121 Å².